The molecule has 0 amide bonds. The van der Waals surface area contributed by atoms with Gasteiger partial charge in [0.25, 0.3) is 0 Å². The molecule has 0 saturated carbocycles. The van der Waals surface area contributed by atoms with Gasteiger partial charge in [-0.1, -0.05) is 17.7 Å². The van der Waals surface area contributed by atoms with Gasteiger partial charge in [0.15, 0.2) is 5.15 Å². The van der Waals surface area contributed by atoms with E-state index < -0.39 is 0 Å². The molecule has 0 aliphatic carbocycles. The summed E-state index contributed by atoms with van der Waals surface area (Å²) < 4.78 is 7.94. The lowest BCUT2D eigenvalue weighted by atomic mass is 10.4. The average molecular weight is 203 g/mol. The Hall–Kier alpha value is -0.450. The summed E-state index contributed by atoms with van der Waals surface area (Å²) in [5, 5.41) is 2.49. The highest BCUT2D eigenvalue weighted by Gasteiger charge is 2.07. The summed E-state index contributed by atoms with van der Waals surface area (Å²) in [6.45, 7) is 0. The molecule has 0 spiro atoms. The molecule has 0 saturated heterocycles. The van der Waals surface area contributed by atoms with E-state index in [-0.39, 0.29) is 0 Å². The third-order valence-electron chi connectivity index (χ3n) is 1.20. The number of rotatable bonds is 1. The normalized spacial score (nSPS) is 10.3. The molecule has 2 aromatic heterocycles. The molecule has 11 heavy (non-hydrogen) atoms. The van der Waals surface area contributed by atoms with Crippen molar-refractivity contribution in [2.75, 3.05) is 0 Å². The quantitative estimate of drug-likeness (QED) is 0.711. The van der Waals surface area contributed by atoms with E-state index in [1.54, 1.807) is 11.3 Å². The Labute approximate surface area is 76.8 Å². The lowest BCUT2D eigenvalue weighted by molar-refractivity contribution is 1.53. The highest BCUT2D eigenvalue weighted by Crippen LogP contribution is 2.28. The molecule has 0 atom stereocenters. The Morgan fingerprint density at radius 2 is 2.27 bits per heavy atom. The maximum absolute atomic E-state index is 5.77. The first-order chi connectivity index (χ1) is 5.38. The molecule has 0 radical (unpaired) electrons. The Balaban J connectivity index is 2.53. The first kappa shape index (κ1) is 7.21. The highest BCUT2D eigenvalue weighted by molar-refractivity contribution is 7.13. The number of nitrogens with zero attached hydrogens (tertiary/aromatic N) is 2. The first-order valence-corrected chi connectivity index (χ1v) is 4.88. The molecule has 0 aromatic carbocycles. The lowest BCUT2D eigenvalue weighted by Crippen LogP contribution is -1.69. The number of hydrogen-bond acceptors (Lipinski definition) is 4. The van der Waals surface area contributed by atoms with E-state index in [0.29, 0.717) is 5.15 Å². The topological polar surface area (TPSA) is 25.8 Å². The molecule has 0 aliphatic rings. The second-order valence-corrected chi connectivity index (χ2v) is 3.72. The fraction of sp³-hybridized carbons (Fsp3) is 0. The van der Waals surface area contributed by atoms with Crippen molar-refractivity contribution in [1.29, 1.82) is 0 Å². The van der Waals surface area contributed by atoms with Crippen molar-refractivity contribution in [3.05, 3.63) is 22.7 Å². The van der Waals surface area contributed by atoms with Crippen LogP contribution < -0.4 is 0 Å². The van der Waals surface area contributed by atoms with E-state index in [2.05, 4.69) is 8.75 Å². The Morgan fingerprint density at radius 3 is 2.82 bits per heavy atom. The van der Waals surface area contributed by atoms with Crippen LogP contribution in [0.5, 0.6) is 0 Å². The van der Waals surface area contributed by atoms with Crippen LogP contribution in [0.4, 0.5) is 0 Å². The van der Waals surface area contributed by atoms with Crippen LogP contribution in [0.25, 0.3) is 10.6 Å². The van der Waals surface area contributed by atoms with Crippen LogP contribution in [0.1, 0.15) is 0 Å². The van der Waals surface area contributed by atoms with E-state index in [4.69, 9.17) is 11.6 Å². The SMILES string of the molecule is Clc1nsnc1-c1cccs1. The second kappa shape index (κ2) is 2.89. The van der Waals surface area contributed by atoms with Crippen LogP contribution >= 0.6 is 34.7 Å². The third-order valence-corrected chi connectivity index (χ3v) is 2.97. The zero-order valence-electron chi connectivity index (χ0n) is 5.32. The van der Waals surface area contributed by atoms with Crippen molar-refractivity contribution in [2.24, 2.45) is 0 Å². The zero-order valence-corrected chi connectivity index (χ0v) is 7.71. The summed E-state index contributed by atoms with van der Waals surface area (Å²) >= 11 is 8.53. The maximum Gasteiger partial charge on any atom is 0.171 e. The summed E-state index contributed by atoms with van der Waals surface area (Å²) in [5.41, 5.74) is 0.798. The number of thiophene rings is 1. The predicted molar refractivity (Wildman–Crippen MR) is 48.2 cm³/mol. The third kappa shape index (κ3) is 1.29. The standard InChI is InChI=1S/C6H3ClN2S2/c7-6-5(8-11-9-6)4-2-1-3-10-4/h1-3H. The zero-order chi connectivity index (χ0) is 7.68. The minimum absolute atomic E-state index is 0.498. The van der Waals surface area contributed by atoms with Crippen molar-refractivity contribution in [3.8, 4) is 10.6 Å². The van der Waals surface area contributed by atoms with E-state index in [1.165, 1.54) is 0 Å². The van der Waals surface area contributed by atoms with E-state index in [9.17, 15) is 0 Å². The minimum atomic E-state index is 0.498. The van der Waals surface area contributed by atoms with Crippen LogP contribution in [0.3, 0.4) is 0 Å². The molecular formula is C6H3ClN2S2. The molecule has 0 fully saturated rings. The van der Waals surface area contributed by atoms with Gasteiger partial charge in [-0.15, -0.1) is 11.3 Å². The smallest absolute Gasteiger partial charge is 0.170 e. The van der Waals surface area contributed by atoms with E-state index >= 15 is 0 Å². The Morgan fingerprint density at radius 1 is 1.36 bits per heavy atom. The van der Waals surface area contributed by atoms with Gasteiger partial charge < -0.3 is 0 Å². The van der Waals surface area contributed by atoms with Crippen LogP contribution in [-0.2, 0) is 0 Å². The van der Waals surface area contributed by atoms with E-state index in [1.807, 2.05) is 17.5 Å². The summed E-state index contributed by atoms with van der Waals surface area (Å²) in [4.78, 5) is 1.07. The van der Waals surface area contributed by atoms with Crippen molar-refractivity contribution in [1.82, 2.24) is 8.75 Å². The first-order valence-electron chi connectivity index (χ1n) is 2.90. The monoisotopic (exact) mass is 202 g/mol. The average Bonchev–Trinajstić information content (AvgIpc) is 2.55. The van der Waals surface area contributed by atoms with Crippen LogP contribution in [0.15, 0.2) is 17.5 Å². The molecule has 2 aromatic rings. The number of halogens is 1. The predicted octanol–water partition coefficient (Wildman–Crippen LogP) is 2.92. The van der Waals surface area contributed by atoms with Gasteiger partial charge in [0.05, 0.1) is 16.6 Å². The highest BCUT2D eigenvalue weighted by atomic mass is 35.5. The molecule has 0 aliphatic heterocycles. The van der Waals surface area contributed by atoms with Gasteiger partial charge in [-0.05, 0) is 11.4 Å². The maximum atomic E-state index is 5.77. The van der Waals surface area contributed by atoms with Crippen molar-refractivity contribution in [2.45, 2.75) is 0 Å². The minimum Gasteiger partial charge on any atom is -0.170 e. The summed E-state index contributed by atoms with van der Waals surface area (Å²) in [6.07, 6.45) is 0. The number of aromatic nitrogens is 2. The van der Waals surface area contributed by atoms with Crippen molar-refractivity contribution in [3.63, 3.8) is 0 Å². The molecule has 0 N–H and O–H groups in total. The Kier molecular flexibility index (Phi) is 1.89. The molecular weight excluding hydrogens is 200 g/mol. The summed E-state index contributed by atoms with van der Waals surface area (Å²) in [5.74, 6) is 0. The molecule has 2 heterocycles. The molecule has 2 rings (SSSR count). The number of hydrogen-bond donors (Lipinski definition) is 0. The van der Waals surface area contributed by atoms with Crippen LogP contribution in [0.2, 0.25) is 5.15 Å². The molecule has 0 unspecified atom stereocenters. The van der Waals surface area contributed by atoms with Crippen molar-refractivity contribution >= 4 is 34.7 Å². The fourth-order valence-electron chi connectivity index (χ4n) is 0.738. The molecule has 56 valence electrons. The molecule has 2 nitrogen and oxygen atoms in total. The van der Waals surface area contributed by atoms with Gasteiger partial charge in [-0.2, -0.15) is 8.75 Å². The van der Waals surface area contributed by atoms with Gasteiger partial charge in [-0.3, -0.25) is 0 Å². The second-order valence-electron chi connectivity index (χ2n) is 1.88. The fourth-order valence-corrected chi connectivity index (χ4v) is 2.32. The van der Waals surface area contributed by atoms with Crippen LogP contribution in [0, 0.1) is 0 Å². The van der Waals surface area contributed by atoms with Gasteiger partial charge in [0.1, 0.15) is 5.69 Å². The molecule has 0 bridgehead atoms. The van der Waals surface area contributed by atoms with Gasteiger partial charge in [-0.25, -0.2) is 0 Å². The van der Waals surface area contributed by atoms with Gasteiger partial charge in [0.2, 0.25) is 0 Å². The lowest BCUT2D eigenvalue weighted by Gasteiger charge is -1.86. The Bertz CT molecular complexity index is 341. The summed E-state index contributed by atoms with van der Waals surface area (Å²) in [6, 6.07) is 3.95. The van der Waals surface area contributed by atoms with E-state index in [0.717, 1.165) is 22.3 Å². The molecule has 5 heteroatoms. The van der Waals surface area contributed by atoms with Crippen LogP contribution in [-0.4, -0.2) is 8.75 Å². The largest absolute Gasteiger partial charge is 0.171 e. The van der Waals surface area contributed by atoms with Gasteiger partial charge >= 0.3 is 0 Å². The van der Waals surface area contributed by atoms with Crippen molar-refractivity contribution < 1.29 is 0 Å². The van der Waals surface area contributed by atoms with Gasteiger partial charge in [0, 0.05) is 0 Å². The summed E-state index contributed by atoms with van der Waals surface area (Å²) in [7, 11) is 0.